The van der Waals surface area contributed by atoms with Gasteiger partial charge in [0, 0.05) is 19.6 Å². The van der Waals surface area contributed by atoms with Crippen molar-refractivity contribution in [3.8, 4) is 0 Å². The molecule has 0 N–H and O–H groups in total. The second-order valence-corrected chi connectivity index (χ2v) is 3.42. The second kappa shape index (κ2) is 5.48. The lowest BCUT2D eigenvalue weighted by atomic mass is 10.3. The zero-order chi connectivity index (χ0) is 12.1. The van der Waals surface area contributed by atoms with E-state index in [0.29, 0.717) is 19.6 Å². The van der Waals surface area contributed by atoms with Gasteiger partial charge in [-0.15, -0.1) is 0 Å². The van der Waals surface area contributed by atoms with E-state index in [2.05, 4.69) is 0 Å². The second-order valence-electron chi connectivity index (χ2n) is 3.42. The van der Waals surface area contributed by atoms with Crippen LogP contribution in [0.3, 0.4) is 0 Å². The van der Waals surface area contributed by atoms with Crippen LogP contribution in [0.2, 0.25) is 0 Å². The Morgan fingerprint density at radius 1 is 1.19 bits per heavy atom. The fourth-order valence-electron chi connectivity index (χ4n) is 1.53. The van der Waals surface area contributed by atoms with E-state index < -0.39 is 17.8 Å². The molecule has 16 heavy (non-hydrogen) atoms. The van der Waals surface area contributed by atoms with Crippen LogP contribution in [0.4, 0.5) is 0 Å². The van der Waals surface area contributed by atoms with Gasteiger partial charge in [0.1, 0.15) is 6.54 Å². The molecule has 6 nitrogen and oxygen atoms in total. The van der Waals surface area contributed by atoms with E-state index in [1.54, 1.807) is 6.92 Å². The number of likely N-dealkylation sites (N-methyl/N-ethyl adjacent to an activating group) is 1. The molecule has 0 radical (unpaired) electrons. The molecule has 0 bridgehead atoms. The van der Waals surface area contributed by atoms with Crippen LogP contribution < -0.4 is 0 Å². The summed E-state index contributed by atoms with van der Waals surface area (Å²) in [4.78, 5) is 36.9. The Labute approximate surface area is 94.1 Å². The maximum Gasteiger partial charge on any atom is 0.325 e. The highest BCUT2D eigenvalue weighted by Crippen LogP contribution is 2.04. The van der Waals surface area contributed by atoms with Gasteiger partial charge in [-0.2, -0.15) is 0 Å². The van der Waals surface area contributed by atoms with Crippen molar-refractivity contribution in [2.75, 3.05) is 32.8 Å². The van der Waals surface area contributed by atoms with E-state index >= 15 is 0 Å². The monoisotopic (exact) mass is 228 g/mol. The lowest BCUT2D eigenvalue weighted by molar-refractivity contribution is -0.159. The van der Waals surface area contributed by atoms with E-state index in [9.17, 15) is 14.4 Å². The summed E-state index contributed by atoms with van der Waals surface area (Å²) < 4.78 is 4.72. The van der Waals surface area contributed by atoms with Gasteiger partial charge in [-0.05, 0) is 13.8 Å². The molecular formula is C10H16N2O4. The highest BCUT2D eigenvalue weighted by molar-refractivity contribution is 6.35. The smallest absolute Gasteiger partial charge is 0.325 e. The SMILES string of the molecule is CCOC(=O)CN1CCN(CC)C(=O)C1=O. The van der Waals surface area contributed by atoms with Crippen LogP contribution in [0.15, 0.2) is 0 Å². The normalized spacial score (nSPS) is 16.6. The number of hydrogen-bond donors (Lipinski definition) is 0. The molecule has 1 aliphatic rings. The Morgan fingerprint density at radius 3 is 2.31 bits per heavy atom. The molecule has 1 fully saturated rings. The Balaban J connectivity index is 2.55. The molecule has 1 saturated heterocycles. The highest BCUT2D eigenvalue weighted by atomic mass is 16.5. The third-order valence-corrected chi connectivity index (χ3v) is 2.40. The topological polar surface area (TPSA) is 66.9 Å². The Bertz CT molecular complexity index is 303. The molecule has 1 heterocycles. The van der Waals surface area contributed by atoms with Crippen LogP contribution in [-0.2, 0) is 19.1 Å². The molecule has 0 aromatic heterocycles. The standard InChI is InChI=1S/C10H16N2O4/c1-3-11-5-6-12(10(15)9(11)14)7-8(13)16-4-2/h3-7H2,1-2H3. The number of rotatable bonds is 4. The number of carbonyl (C=O) groups is 3. The van der Waals surface area contributed by atoms with E-state index in [1.807, 2.05) is 6.92 Å². The van der Waals surface area contributed by atoms with Gasteiger partial charge in [0.25, 0.3) is 0 Å². The van der Waals surface area contributed by atoms with Crippen LogP contribution in [0, 0.1) is 0 Å². The molecular weight excluding hydrogens is 212 g/mol. The summed E-state index contributed by atoms with van der Waals surface area (Å²) in [5.74, 6) is -1.65. The maximum atomic E-state index is 11.6. The number of esters is 1. The summed E-state index contributed by atoms with van der Waals surface area (Å²) >= 11 is 0. The van der Waals surface area contributed by atoms with Crippen LogP contribution in [-0.4, -0.2) is 60.4 Å². The number of piperazine rings is 1. The lowest BCUT2D eigenvalue weighted by Gasteiger charge is -2.32. The van der Waals surface area contributed by atoms with E-state index in [-0.39, 0.29) is 13.2 Å². The first-order chi connectivity index (χ1) is 7.60. The van der Waals surface area contributed by atoms with Gasteiger partial charge < -0.3 is 14.5 Å². The molecule has 0 unspecified atom stereocenters. The molecule has 1 aliphatic heterocycles. The molecule has 0 atom stereocenters. The van der Waals surface area contributed by atoms with Gasteiger partial charge in [-0.1, -0.05) is 0 Å². The first-order valence-electron chi connectivity index (χ1n) is 5.34. The van der Waals surface area contributed by atoms with Gasteiger partial charge in [-0.25, -0.2) is 0 Å². The van der Waals surface area contributed by atoms with Crippen molar-refractivity contribution >= 4 is 17.8 Å². The van der Waals surface area contributed by atoms with Gasteiger partial charge in [0.15, 0.2) is 0 Å². The number of ether oxygens (including phenoxy) is 1. The fraction of sp³-hybridized carbons (Fsp3) is 0.700. The predicted molar refractivity (Wildman–Crippen MR) is 55.5 cm³/mol. The lowest BCUT2D eigenvalue weighted by Crippen LogP contribution is -2.55. The quantitative estimate of drug-likeness (QED) is 0.468. The van der Waals surface area contributed by atoms with Gasteiger partial charge in [-0.3, -0.25) is 14.4 Å². The van der Waals surface area contributed by atoms with Crippen LogP contribution in [0.25, 0.3) is 0 Å². The Kier molecular flexibility index (Phi) is 4.28. The van der Waals surface area contributed by atoms with Crippen molar-refractivity contribution in [3.05, 3.63) is 0 Å². The minimum absolute atomic E-state index is 0.143. The van der Waals surface area contributed by atoms with E-state index in [4.69, 9.17) is 4.74 Å². The molecule has 0 aliphatic carbocycles. The van der Waals surface area contributed by atoms with E-state index in [1.165, 1.54) is 9.80 Å². The Morgan fingerprint density at radius 2 is 1.75 bits per heavy atom. The summed E-state index contributed by atoms with van der Waals surface area (Å²) in [6.45, 7) is 5.01. The van der Waals surface area contributed by atoms with Crippen molar-refractivity contribution in [1.82, 2.24) is 9.80 Å². The average molecular weight is 228 g/mol. The van der Waals surface area contributed by atoms with Gasteiger partial charge >= 0.3 is 17.8 Å². The largest absolute Gasteiger partial charge is 0.465 e. The molecule has 0 aromatic carbocycles. The van der Waals surface area contributed by atoms with Crippen molar-refractivity contribution in [3.63, 3.8) is 0 Å². The van der Waals surface area contributed by atoms with Gasteiger partial charge in [0.05, 0.1) is 6.61 Å². The predicted octanol–water partition coefficient (Wildman–Crippen LogP) is -0.760. The van der Waals surface area contributed by atoms with Crippen molar-refractivity contribution in [1.29, 1.82) is 0 Å². The maximum absolute atomic E-state index is 11.6. The highest BCUT2D eigenvalue weighted by Gasteiger charge is 2.32. The van der Waals surface area contributed by atoms with Crippen LogP contribution in [0.5, 0.6) is 0 Å². The molecule has 0 aromatic rings. The number of hydrogen-bond acceptors (Lipinski definition) is 4. The minimum atomic E-state index is -0.624. The van der Waals surface area contributed by atoms with E-state index in [0.717, 1.165) is 0 Å². The zero-order valence-electron chi connectivity index (χ0n) is 9.56. The number of nitrogens with zero attached hydrogens (tertiary/aromatic N) is 2. The zero-order valence-corrected chi connectivity index (χ0v) is 9.56. The molecule has 0 spiro atoms. The first-order valence-corrected chi connectivity index (χ1v) is 5.34. The van der Waals surface area contributed by atoms with Crippen molar-refractivity contribution < 1.29 is 19.1 Å². The van der Waals surface area contributed by atoms with Crippen molar-refractivity contribution in [2.24, 2.45) is 0 Å². The van der Waals surface area contributed by atoms with Crippen LogP contribution in [0.1, 0.15) is 13.8 Å². The summed E-state index contributed by atoms with van der Waals surface area (Å²) in [5.41, 5.74) is 0. The van der Waals surface area contributed by atoms with Crippen LogP contribution >= 0.6 is 0 Å². The minimum Gasteiger partial charge on any atom is -0.465 e. The summed E-state index contributed by atoms with van der Waals surface area (Å²) in [6.07, 6.45) is 0. The number of carbonyl (C=O) groups excluding carboxylic acids is 3. The molecule has 0 saturated carbocycles. The third-order valence-electron chi connectivity index (χ3n) is 2.40. The number of amides is 2. The molecule has 6 heteroatoms. The first kappa shape index (κ1) is 12.5. The Hall–Kier alpha value is -1.59. The fourth-order valence-corrected chi connectivity index (χ4v) is 1.53. The van der Waals surface area contributed by atoms with Gasteiger partial charge in [0.2, 0.25) is 0 Å². The summed E-state index contributed by atoms with van der Waals surface area (Å²) in [5, 5.41) is 0. The molecule has 1 rings (SSSR count). The summed E-state index contributed by atoms with van der Waals surface area (Å²) in [6, 6.07) is 0. The molecule has 90 valence electrons. The van der Waals surface area contributed by atoms with Crippen molar-refractivity contribution in [2.45, 2.75) is 13.8 Å². The average Bonchev–Trinajstić information content (AvgIpc) is 2.25. The molecule has 2 amide bonds. The third kappa shape index (κ3) is 2.71. The summed E-state index contributed by atoms with van der Waals surface area (Å²) in [7, 11) is 0.